The number of hydrogen-bond donors (Lipinski definition) is 2. The highest BCUT2D eigenvalue weighted by atomic mass is 32.2. The number of nitrogens with one attached hydrogen (secondary N) is 1. The SMILES string of the molecule is CC(C)n1ncnc1CC(CSC(C)(C)C)NN. The van der Waals surface area contributed by atoms with Crippen LogP contribution in [0.15, 0.2) is 6.33 Å². The zero-order valence-corrected chi connectivity index (χ0v) is 12.8. The third-order valence-corrected chi connectivity index (χ3v) is 3.95. The molecule has 0 aliphatic carbocycles. The van der Waals surface area contributed by atoms with Gasteiger partial charge in [-0.25, -0.2) is 9.67 Å². The zero-order chi connectivity index (χ0) is 13.8. The predicted molar refractivity (Wildman–Crippen MR) is 77.4 cm³/mol. The fraction of sp³-hybridized carbons (Fsp3) is 0.833. The molecule has 0 saturated heterocycles. The van der Waals surface area contributed by atoms with Crippen molar-refractivity contribution < 1.29 is 0 Å². The minimum atomic E-state index is 0.218. The van der Waals surface area contributed by atoms with Crippen molar-refractivity contribution in [2.75, 3.05) is 5.75 Å². The van der Waals surface area contributed by atoms with Crippen LogP contribution in [-0.4, -0.2) is 31.3 Å². The van der Waals surface area contributed by atoms with Crippen molar-refractivity contribution >= 4 is 11.8 Å². The van der Waals surface area contributed by atoms with Crippen LogP contribution in [0.5, 0.6) is 0 Å². The van der Waals surface area contributed by atoms with Crippen molar-refractivity contribution in [3.8, 4) is 0 Å². The van der Waals surface area contributed by atoms with Crippen LogP contribution in [0.4, 0.5) is 0 Å². The standard InChI is InChI=1S/C12H25N5S/c1-9(2)17-11(14-8-15-17)6-10(16-13)7-18-12(3,4)5/h8-10,16H,6-7,13H2,1-5H3. The minimum Gasteiger partial charge on any atom is -0.271 e. The monoisotopic (exact) mass is 271 g/mol. The molecular weight excluding hydrogens is 246 g/mol. The van der Waals surface area contributed by atoms with E-state index in [1.807, 2.05) is 16.4 Å². The quantitative estimate of drug-likeness (QED) is 0.609. The molecule has 1 heterocycles. The largest absolute Gasteiger partial charge is 0.271 e. The van der Waals surface area contributed by atoms with E-state index >= 15 is 0 Å². The fourth-order valence-electron chi connectivity index (χ4n) is 1.59. The molecule has 1 unspecified atom stereocenters. The van der Waals surface area contributed by atoms with E-state index in [0.717, 1.165) is 18.0 Å². The van der Waals surface area contributed by atoms with Crippen molar-refractivity contribution in [1.82, 2.24) is 20.2 Å². The Morgan fingerprint density at radius 2 is 2.11 bits per heavy atom. The molecule has 0 amide bonds. The van der Waals surface area contributed by atoms with Crippen LogP contribution in [0.1, 0.15) is 46.5 Å². The van der Waals surface area contributed by atoms with Crippen molar-refractivity contribution in [2.24, 2.45) is 5.84 Å². The minimum absolute atomic E-state index is 0.218. The van der Waals surface area contributed by atoms with Gasteiger partial charge in [0.15, 0.2) is 0 Å². The lowest BCUT2D eigenvalue weighted by Crippen LogP contribution is -2.40. The fourth-order valence-corrected chi connectivity index (χ4v) is 2.50. The third-order valence-electron chi connectivity index (χ3n) is 2.52. The summed E-state index contributed by atoms with van der Waals surface area (Å²) in [6, 6.07) is 0.548. The van der Waals surface area contributed by atoms with Crippen LogP contribution < -0.4 is 11.3 Å². The Kier molecular flexibility index (Phi) is 5.62. The maximum Gasteiger partial charge on any atom is 0.138 e. The summed E-state index contributed by atoms with van der Waals surface area (Å²) in [6.07, 6.45) is 2.41. The van der Waals surface area contributed by atoms with Crippen molar-refractivity contribution in [1.29, 1.82) is 0 Å². The second kappa shape index (κ2) is 6.54. The Hall–Kier alpha value is -0.590. The first-order chi connectivity index (χ1) is 8.33. The summed E-state index contributed by atoms with van der Waals surface area (Å²) in [6.45, 7) is 10.8. The lowest BCUT2D eigenvalue weighted by atomic mass is 10.2. The molecule has 1 aromatic heterocycles. The molecule has 0 saturated carbocycles. The van der Waals surface area contributed by atoms with E-state index in [0.29, 0.717) is 6.04 Å². The summed E-state index contributed by atoms with van der Waals surface area (Å²) >= 11 is 1.90. The van der Waals surface area contributed by atoms with E-state index in [2.05, 4.69) is 50.1 Å². The Labute approximate surface area is 114 Å². The summed E-state index contributed by atoms with van der Waals surface area (Å²) in [5, 5.41) is 4.24. The van der Waals surface area contributed by atoms with E-state index in [4.69, 9.17) is 5.84 Å². The highest BCUT2D eigenvalue weighted by Gasteiger charge is 2.18. The Balaban J connectivity index is 2.60. The van der Waals surface area contributed by atoms with E-state index in [1.165, 1.54) is 0 Å². The van der Waals surface area contributed by atoms with E-state index in [9.17, 15) is 0 Å². The normalized spacial score (nSPS) is 14.2. The first kappa shape index (κ1) is 15.5. The van der Waals surface area contributed by atoms with E-state index in [-0.39, 0.29) is 10.8 Å². The van der Waals surface area contributed by atoms with Gasteiger partial charge in [0, 0.05) is 29.0 Å². The number of hydrogen-bond acceptors (Lipinski definition) is 5. The molecule has 1 atom stereocenters. The maximum absolute atomic E-state index is 5.62. The van der Waals surface area contributed by atoms with Crippen molar-refractivity contribution in [2.45, 2.75) is 57.9 Å². The molecule has 0 bridgehead atoms. The van der Waals surface area contributed by atoms with Gasteiger partial charge in [-0.2, -0.15) is 16.9 Å². The van der Waals surface area contributed by atoms with Gasteiger partial charge in [0.1, 0.15) is 12.2 Å². The summed E-state index contributed by atoms with van der Waals surface area (Å²) in [5.74, 6) is 7.58. The Morgan fingerprint density at radius 1 is 1.44 bits per heavy atom. The van der Waals surface area contributed by atoms with Gasteiger partial charge in [-0.05, 0) is 13.8 Å². The van der Waals surface area contributed by atoms with Gasteiger partial charge in [-0.15, -0.1) is 0 Å². The molecule has 0 radical (unpaired) electrons. The molecule has 104 valence electrons. The molecule has 6 heteroatoms. The smallest absolute Gasteiger partial charge is 0.138 e. The van der Waals surface area contributed by atoms with Gasteiger partial charge in [-0.3, -0.25) is 11.3 Å². The first-order valence-corrected chi connectivity index (χ1v) is 7.30. The van der Waals surface area contributed by atoms with Gasteiger partial charge in [0.25, 0.3) is 0 Å². The van der Waals surface area contributed by atoms with E-state index in [1.54, 1.807) is 6.33 Å². The first-order valence-electron chi connectivity index (χ1n) is 6.32. The molecule has 3 N–H and O–H groups in total. The second-order valence-electron chi connectivity index (χ2n) is 5.71. The molecule has 0 fully saturated rings. The van der Waals surface area contributed by atoms with E-state index < -0.39 is 0 Å². The molecular formula is C12H25N5S. The van der Waals surface area contributed by atoms with Crippen LogP contribution in [0.25, 0.3) is 0 Å². The van der Waals surface area contributed by atoms with Gasteiger partial charge in [0.2, 0.25) is 0 Å². The molecule has 5 nitrogen and oxygen atoms in total. The summed E-state index contributed by atoms with van der Waals surface area (Å²) in [5.41, 5.74) is 2.88. The second-order valence-corrected chi connectivity index (χ2v) is 7.55. The number of nitrogens with two attached hydrogens (primary N) is 1. The summed E-state index contributed by atoms with van der Waals surface area (Å²) < 4.78 is 2.20. The average molecular weight is 271 g/mol. The lowest BCUT2D eigenvalue weighted by molar-refractivity contribution is 0.476. The van der Waals surface area contributed by atoms with Crippen LogP contribution in [-0.2, 0) is 6.42 Å². The maximum atomic E-state index is 5.62. The number of hydrazine groups is 1. The Morgan fingerprint density at radius 3 is 2.61 bits per heavy atom. The predicted octanol–water partition coefficient (Wildman–Crippen LogP) is 1.77. The highest BCUT2D eigenvalue weighted by Crippen LogP contribution is 2.24. The number of rotatable bonds is 6. The molecule has 0 aliphatic rings. The van der Waals surface area contributed by atoms with Crippen LogP contribution in [0.2, 0.25) is 0 Å². The molecule has 0 spiro atoms. The third kappa shape index (κ3) is 4.96. The van der Waals surface area contributed by atoms with Crippen molar-refractivity contribution in [3.05, 3.63) is 12.2 Å². The molecule has 0 aliphatic heterocycles. The molecule has 1 aromatic rings. The zero-order valence-electron chi connectivity index (χ0n) is 12.0. The van der Waals surface area contributed by atoms with Crippen LogP contribution in [0, 0.1) is 0 Å². The van der Waals surface area contributed by atoms with Gasteiger partial charge in [0.05, 0.1) is 0 Å². The van der Waals surface area contributed by atoms with Gasteiger partial charge in [-0.1, -0.05) is 20.8 Å². The lowest BCUT2D eigenvalue weighted by Gasteiger charge is -2.22. The average Bonchev–Trinajstić information content (AvgIpc) is 2.70. The summed E-state index contributed by atoms with van der Waals surface area (Å²) in [4.78, 5) is 4.32. The number of thioether (sulfide) groups is 1. The Bertz CT molecular complexity index is 356. The number of aromatic nitrogens is 3. The summed E-state index contributed by atoms with van der Waals surface area (Å²) in [7, 11) is 0. The van der Waals surface area contributed by atoms with Gasteiger partial charge >= 0.3 is 0 Å². The number of nitrogens with zero attached hydrogens (tertiary/aromatic N) is 3. The van der Waals surface area contributed by atoms with Crippen LogP contribution >= 0.6 is 11.8 Å². The molecule has 0 aromatic carbocycles. The topological polar surface area (TPSA) is 68.8 Å². The molecule has 1 rings (SSSR count). The van der Waals surface area contributed by atoms with Crippen LogP contribution in [0.3, 0.4) is 0 Å². The highest BCUT2D eigenvalue weighted by molar-refractivity contribution is 8.00. The van der Waals surface area contributed by atoms with Gasteiger partial charge < -0.3 is 0 Å². The van der Waals surface area contributed by atoms with Crippen molar-refractivity contribution in [3.63, 3.8) is 0 Å². The molecule has 18 heavy (non-hydrogen) atoms.